The van der Waals surface area contributed by atoms with Crippen LogP contribution < -0.4 is 11.1 Å². The van der Waals surface area contributed by atoms with Gasteiger partial charge in [0.05, 0.1) is 12.1 Å². The minimum atomic E-state index is -0.950. The number of anilines is 1. The third-order valence-corrected chi connectivity index (χ3v) is 2.88. The van der Waals surface area contributed by atoms with Gasteiger partial charge in [-0.2, -0.15) is 0 Å². The Morgan fingerprint density at radius 2 is 2.14 bits per heavy atom. The molecule has 120 valence electrons. The molecule has 0 aromatic carbocycles. The predicted molar refractivity (Wildman–Crippen MR) is 82.3 cm³/mol. The second-order valence-corrected chi connectivity index (χ2v) is 5.20. The Bertz CT molecular complexity index is 488. The highest BCUT2D eigenvalue weighted by molar-refractivity contribution is 5.95. The van der Waals surface area contributed by atoms with E-state index in [9.17, 15) is 9.59 Å². The number of carbonyl (C=O) groups excluding carboxylic acids is 2. The van der Waals surface area contributed by atoms with Crippen LogP contribution in [-0.4, -0.2) is 41.0 Å². The van der Waals surface area contributed by atoms with Crippen LogP contribution in [0.3, 0.4) is 0 Å². The third kappa shape index (κ3) is 5.73. The highest BCUT2D eigenvalue weighted by atomic mass is 35.5. The summed E-state index contributed by atoms with van der Waals surface area (Å²) in [4.78, 5) is 25.2. The van der Waals surface area contributed by atoms with E-state index >= 15 is 0 Å². The van der Waals surface area contributed by atoms with Crippen molar-refractivity contribution in [3.8, 4) is 0 Å². The van der Waals surface area contributed by atoms with E-state index in [-0.39, 0.29) is 30.8 Å². The minimum absolute atomic E-state index is 0. The summed E-state index contributed by atoms with van der Waals surface area (Å²) >= 11 is 0. The first-order valence-electron chi connectivity index (χ1n) is 6.54. The van der Waals surface area contributed by atoms with Crippen LogP contribution in [0.5, 0.6) is 0 Å². The molecule has 8 heteroatoms. The first kappa shape index (κ1) is 19.4. The van der Waals surface area contributed by atoms with Gasteiger partial charge in [-0.1, -0.05) is 18.5 Å². The Hall–Kier alpha value is -1.60. The van der Waals surface area contributed by atoms with Crippen LogP contribution in [0.2, 0.25) is 0 Å². The number of hydrogen-bond acceptors (Lipinski definition) is 5. The Balaban J connectivity index is 0.00000400. The van der Waals surface area contributed by atoms with Crippen LogP contribution in [0.15, 0.2) is 10.6 Å². The van der Waals surface area contributed by atoms with Crippen molar-refractivity contribution in [3.05, 3.63) is 11.8 Å². The fraction of sp³-hybridized carbons (Fsp3) is 0.615. The summed E-state index contributed by atoms with van der Waals surface area (Å²) in [5.41, 5.74) is 5.00. The summed E-state index contributed by atoms with van der Waals surface area (Å²) in [6, 6.07) is 1.60. The molecule has 1 unspecified atom stereocenters. The second-order valence-electron chi connectivity index (χ2n) is 5.20. The van der Waals surface area contributed by atoms with Gasteiger partial charge in [0.2, 0.25) is 11.8 Å². The Morgan fingerprint density at radius 3 is 2.62 bits per heavy atom. The molecular weight excluding hydrogens is 296 g/mol. The van der Waals surface area contributed by atoms with E-state index in [1.54, 1.807) is 27.0 Å². The standard InChI is InChI=1S/C13H22N4O3.ClH/c1-5-6-13(3,14)12(19)17(4)8-11(18)15-10-7-9(2)20-16-10;/h7H,5-6,8,14H2,1-4H3,(H,15,16,18);1H. The van der Waals surface area contributed by atoms with Gasteiger partial charge in [0, 0.05) is 13.1 Å². The zero-order valence-electron chi connectivity index (χ0n) is 12.8. The van der Waals surface area contributed by atoms with Crippen LogP contribution in [0.4, 0.5) is 5.82 Å². The number of halogens is 1. The summed E-state index contributed by atoms with van der Waals surface area (Å²) in [5.74, 6) is 0.326. The molecule has 0 aliphatic rings. The summed E-state index contributed by atoms with van der Waals surface area (Å²) in [6.45, 7) is 5.27. The normalized spacial score (nSPS) is 13.0. The van der Waals surface area contributed by atoms with Crippen molar-refractivity contribution in [1.29, 1.82) is 0 Å². The quantitative estimate of drug-likeness (QED) is 0.823. The van der Waals surface area contributed by atoms with Gasteiger partial charge in [0.1, 0.15) is 5.76 Å². The lowest BCUT2D eigenvalue weighted by Gasteiger charge is -2.28. The van der Waals surface area contributed by atoms with E-state index < -0.39 is 5.54 Å². The molecular formula is C13H23ClN4O3. The molecule has 0 aliphatic heterocycles. The fourth-order valence-corrected chi connectivity index (χ4v) is 1.96. The van der Waals surface area contributed by atoms with Gasteiger partial charge in [0.25, 0.3) is 0 Å². The number of likely N-dealkylation sites (N-methyl/N-ethyl adjacent to an activating group) is 1. The summed E-state index contributed by atoms with van der Waals surface area (Å²) in [7, 11) is 1.55. The summed E-state index contributed by atoms with van der Waals surface area (Å²) < 4.78 is 4.84. The Morgan fingerprint density at radius 1 is 1.52 bits per heavy atom. The number of rotatable bonds is 6. The van der Waals surface area contributed by atoms with Crippen molar-refractivity contribution in [2.45, 2.75) is 39.2 Å². The van der Waals surface area contributed by atoms with E-state index in [0.717, 1.165) is 6.42 Å². The Kier molecular flexibility index (Phi) is 7.38. The maximum atomic E-state index is 12.1. The lowest BCUT2D eigenvalue weighted by atomic mass is 9.96. The van der Waals surface area contributed by atoms with E-state index in [1.807, 2.05) is 6.92 Å². The van der Waals surface area contributed by atoms with Gasteiger partial charge >= 0.3 is 0 Å². The first-order valence-corrected chi connectivity index (χ1v) is 6.54. The molecule has 1 heterocycles. The van der Waals surface area contributed by atoms with Gasteiger partial charge in [-0.25, -0.2) is 0 Å². The molecule has 1 aromatic heterocycles. The lowest BCUT2D eigenvalue weighted by Crippen LogP contribution is -2.53. The molecule has 0 aliphatic carbocycles. The van der Waals surface area contributed by atoms with Crippen molar-refractivity contribution in [2.75, 3.05) is 18.9 Å². The molecule has 0 saturated carbocycles. The molecule has 0 spiro atoms. The minimum Gasteiger partial charge on any atom is -0.360 e. The summed E-state index contributed by atoms with van der Waals surface area (Å²) in [6.07, 6.45) is 1.37. The Labute approximate surface area is 130 Å². The maximum Gasteiger partial charge on any atom is 0.245 e. The third-order valence-electron chi connectivity index (χ3n) is 2.88. The van der Waals surface area contributed by atoms with Crippen LogP contribution in [0.1, 0.15) is 32.4 Å². The van der Waals surface area contributed by atoms with Crippen molar-refractivity contribution < 1.29 is 14.1 Å². The molecule has 1 atom stereocenters. The van der Waals surface area contributed by atoms with Crippen molar-refractivity contribution in [1.82, 2.24) is 10.1 Å². The average molecular weight is 319 g/mol. The monoisotopic (exact) mass is 318 g/mol. The molecule has 0 fully saturated rings. The zero-order valence-corrected chi connectivity index (χ0v) is 13.6. The predicted octanol–water partition coefficient (Wildman–Crippen LogP) is 1.32. The number of aryl methyl sites for hydroxylation is 1. The molecule has 1 aromatic rings. The van der Waals surface area contributed by atoms with Crippen molar-refractivity contribution in [2.24, 2.45) is 5.73 Å². The SMILES string of the molecule is CCCC(C)(N)C(=O)N(C)CC(=O)Nc1cc(C)on1.Cl. The highest BCUT2D eigenvalue weighted by Crippen LogP contribution is 2.12. The average Bonchev–Trinajstić information content (AvgIpc) is 2.73. The largest absolute Gasteiger partial charge is 0.360 e. The molecule has 0 radical (unpaired) electrons. The van der Waals surface area contributed by atoms with Crippen LogP contribution in [0.25, 0.3) is 0 Å². The number of hydrogen-bond donors (Lipinski definition) is 2. The van der Waals surface area contributed by atoms with Crippen molar-refractivity contribution >= 4 is 30.0 Å². The van der Waals surface area contributed by atoms with Gasteiger partial charge in [-0.15, -0.1) is 12.4 Å². The second kappa shape index (κ2) is 7.99. The molecule has 0 bridgehead atoms. The smallest absolute Gasteiger partial charge is 0.245 e. The zero-order chi connectivity index (χ0) is 15.3. The van der Waals surface area contributed by atoms with E-state index in [2.05, 4.69) is 10.5 Å². The number of carbonyl (C=O) groups is 2. The summed E-state index contributed by atoms with van der Waals surface area (Å²) in [5, 5.41) is 6.20. The topological polar surface area (TPSA) is 101 Å². The van der Waals surface area contributed by atoms with Crippen LogP contribution in [0, 0.1) is 6.92 Å². The van der Waals surface area contributed by atoms with Crippen molar-refractivity contribution in [3.63, 3.8) is 0 Å². The fourth-order valence-electron chi connectivity index (χ4n) is 1.96. The van der Waals surface area contributed by atoms with Gasteiger partial charge < -0.3 is 20.5 Å². The van der Waals surface area contributed by atoms with E-state index in [4.69, 9.17) is 10.3 Å². The van der Waals surface area contributed by atoms with E-state index in [0.29, 0.717) is 18.0 Å². The van der Waals surface area contributed by atoms with Gasteiger partial charge in [0.15, 0.2) is 5.82 Å². The molecule has 0 saturated heterocycles. The molecule has 3 N–H and O–H groups in total. The number of nitrogens with two attached hydrogens (primary N) is 1. The molecule has 1 rings (SSSR count). The van der Waals surface area contributed by atoms with E-state index in [1.165, 1.54) is 4.90 Å². The first-order chi connectivity index (χ1) is 9.26. The number of nitrogens with one attached hydrogen (secondary N) is 1. The molecule has 21 heavy (non-hydrogen) atoms. The lowest BCUT2D eigenvalue weighted by molar-refractivity contribution is -0.137. The van der Waals surface area contributed by atoms with Gasteiger partial charge in [-0.3, -0.25) is 9.59 Å². The van der Waals surface area contributed by atoms with Crippen LogP contribution >= 0.6 is 12.4 Å². The number of nitrogens with zero attached hydrogens (tertiary/aromatic N) is 2. The number of aromatic nitrogens is 1. The van der Waals surface area contributed by atoms with Gasteiger partial charge in [-0.05, 0) is 20.3 Å². The number of amides is 2. The van der Waals surface area contributed by atoms with Crippen LogP contribution in [-0.2, 0) is 9.59 Å². The molecule has 7 nitrogen and oxygen atoms in total. The maximum absolute atomic E-state index is 12.1. The molecule has 2 amide bonds. The highest BCUT2D eigenvalue weighted by Gasteiger charge is 2.30.